The Morgan fingerprint density at radius 1 is 1.22 bits per heavy atom. The van der Waals surface area contributed by atoms with Crippen molar-refractivity contribution in [3.05, 3.63) is 59.4 Å². The predicted octanol–water partition coefficient (Wildman–Crippen LogP) is 2.18. The van der Waals surface area contributed by atoms with Gasteiger partial charge in [0.05, 0.1) is 0 Å². The molecule has 0 aliphatic heterocycles. The molecular formula is C13H13F2N3. The summed E-state index contributed by atoms with van der Waals surface area (Å²) >= 11 is 0. The van der Waals surface area contributed by atoms with Crippen LogP contribution >= 0.6 is 0 Å². The Kier molecular flexibility index (Phi) is 3.53. The Balaban J connectivity index is 2.21. The fraction of sp³-hybridized carbons (Fsp3) is 0.154. The molecule has 1 aromatic heterocycles. The maximum absolute atomic E-state index is 13.5. The highest BCUT2D eigenvalue weighted by atomic mass is 19.1. The molecule has 2 rings (SSSR count). The van der Waals surface area contributed by atoms with Crippen molar-refractivity contribution >= 4 is 5.69 Å². The normalized spacial score (nSPS) is 12.4. The molecule has 0 spiro atoms. The van der Waals surface area contributed by atoms with E-state index in [2.05, 4.69) is 4.98 Å². The lowest BCUT2D eigenvalue weighted by Crippen LogP contribution is -2.16. The number of hydrogen-bond acceptors (Lipinski definition) is 3. The van der Waals surface area contributed by atoms with Gasteiger partial charge in [-0.1, -0.05) is 6.07 Å². The Morgan fingerprint density at radius 2 is 2.00 bits per heavy atom. The lowest BCUT2D eigenvalue weighted by atomic mass is 9.99. The first kappa shape index (κ1) is 12.4. The number of nitrogens with zero attached hydrogens (tertiary/aromatic N) is 1. The third kappa shape index (κ3) is 2.62. The number of nitrogen functional groups attached to an aromatic ring is 1. The Labute approximate surface area is 103 Å². The van der Waals surface area contributed by atoms with Crippen molar-refractivity contribution < 1.29 is 8.78 Å². The summed E-state index contributed by atoms with van der Waals surface area (Å²) in [6.45, 7) is 0. The number of halogens is 2. The monoisotopic (exact) mass is 249 g/mol. The zero-order chi connectivity index (χ0) is 13.1. The molecule has 2 aromatic rings. The number of rotatable bonds is 3. The van der Waals surface area contributed by atoms with E-state index in [4.69, 9.17) is 11.5 Å². The summed E-state index contributed by atoms with van der Waals surface area (Å²) in [6, 6.07) is 4.60. The number of pyridine rings is 1. The smallest absolute Gasteiger partial charge is 0.129 e. The molecule has 1 atom stereocenters. The predicted molar refractivity (Wildman–Crippen MR) is 65.6 cm³/mol. The van der Waals surface area contributed by atoms with Gasteiger partial charge in [-0.2, -0.15) is 0 Å². The maximum Gasteiger partial charge on any atom is 0.129 e. The molecule has 5 heteroatoms. The van der Waals surface area contributed by atoms with Crippen LogP contribution < -0.4 is 11.5 Å². The Morgan fingerprint density at radius 3 is 2.67 bits per heavy atom. The molecule has 0 radical (unpaired) electrons. The molecule has 0 saturated carbocycles. The summed E-state index contributed by atoms with van der Waals surface area (Å²) < 4.78 is 26.3. The molecule has 94 valence electrons. The van der Waals surface area contributed by atoms with Crippen molar-refractivity contribution in [3.8, 4) is 0 Å². The van der Waals surface area contributed by atoms with Crippen molar-refractivity contribution in [3.63, 3.8) is 0 Å². The topological polar surface area (TPSA) is 64.9 Å². The first-order valence-electron chi connectivity index (χ1n) is 5.47. The van der Waals surface area contributed by atoms with E-state index >= 15 is 0 Å². The number of anilines is 1. The van der Waals surface area contributed by atoms with Crippen molar-refractivity contribution in [2.75, 3.05) is 5.73 Å². The summed E-state index contributed by atoms with van der Waals surface area (Å²) in [6.07, 6.45) is 3.35. The number of hydrogen-bond donors (Lipinski definition) is 2. The molecule has 0 aliphatic rings. The van der Waals surface area contributed by atoms with Gasteiger partial charge in [-0.25, -0.2) is 8.78 Å². The van der Waals surface area contributed by atoms with Gasteiger partial charge in [0, 0.05) is 35.8 Å². The van der Waals surface area contributed by atoms with Crippen LogP contribution in [-0.2, 0) is 6.42 Å². The van der Waals surface area contributed by atoms with Crippen molar-refractivity contribution in [2.45, 2.75) is 12.5 Å². The van der Waals surface area contributed by atoms with Crippen LogP contribution in [0.25, 0.3) is 0 Å². The van der Waals surface area contributed by atoms with E-state index in [1.54, 1.807) is 18.5 Å². The van der Waals surface area contributed by atoms with E-state index in [0.29, 0.717) is 16.8 Å². The van der Waals surface area contributed by atoms with E-state index in [0.717, 1.165) is 6.07 Å². The largest absolute Gasteiger partial charge is 0.398 e. The van der Waals surface area contributed by atoms with Gasteiger partial charge in [-0.3, -0.25) is 4.98 Å². The van der Waals surface area contributed by atoms with Gasteiger partial charge in [-0.05, 0) is 24.1 Å². The van der Waals surface area contributed by atoms with Gasteiger partial charge in [0.2, 0.25) is 0 Å². The van der Waals surface area contributed by atoms with E-state index < -0.39 is 17.7 Å². The number of nitrogens with two attached hydrogens (primary N) is 2. The number of benzene rings is 1. The molecule has 1 heterocycles. The van der Waals surface area contributed by atoms with Crippen LogP contribution in [0.15, 0.2) is 36.7 Å². The van der Waals surface area contributed by atoms with Crippen LogP contribution in [-0.4, -0.2) is 4.98 Å². The summed E-state index contributed by atoms with van der Waals surface area (Å²) in [7, 11) is 0. The Hall–Kier alpha value is -2.01. The maximum atomic E-state index is 13.5. The van der Waals surface area contributed by atoms with Gasteiger partial charge in [-0.15, -0.1) is 0 Å². The molecule has 1 unspecified atom stereocenters. The molecule has 0 fully saturated rings. The van der Waals surface area contributed by atoms with Gasteiger partial charge in [0.1, 0.15) is 11.6 Å². The van der Waals surface area contributed by atoms with Crippen LogP contribution in [0.3, 0.4) is 0 Å². The van der Waals surface area contributed by atoms with Crippen LogP contribution in [0.2, 0.25) is 0 Å². The first-order chi connectivity index (χ1) is 8.58. The second kappa shape index (κ2) is 5.10. The van der Waals surface area contributed by atoms with Gasteiger partial charge >= 0.3 is 0 Å². The summed E-state index contributed by atoms with van der Waals surface area (Å²) in [4.78, 5) is 3.93. The number of aromatic nitrogens is 1. The van der Waals surface area contributed by atoms with Gasteiger partial charge in [0.15, 0.2) is 0 Å². The molecule has 0 aliphatic carbocycles. The molecule has 0 amide bonds. The zero-order valence-electron chi connectivity index (χ0n) is 9.61. The highest BCUT2D eigenvalue weighted by molar-refractivity contribution is 5.46. The van der Waals surface area contributed by atoms with E-state index in [1.165, 1.54) is 12.1 Å². The van der Waals surface area contributed by atoms with Crippen LogP contribution in [0.5, 0.6) is 0 Å². The van der Waals surface area contributed by atoms with Crippen LogP contribution in [0, 0.1) is 11.6 Å². The summed E-state index contributed by atoms with van der Waals surface area (Å²) in [5.74, 6) is -1.21. The zero-order valence-corrected chi connectivity index (χ0v) is 9.61. The van der Waals surface area contributed by atoms with Crippen molar-refractivity contribution in [1.82, 2.24) is 4.98 Å². The quantitative estimate of drug-likeness (QED) is 0.876. The third-order valence-electron chi connectivity index (χ3n) is 2.74. The lowest BCUT2D eigenvalue weighted by molar-refractivity contribution is 0.563. The van der Waals surface area contributed by atoms with Gasteiger partial charge in [0.25, 0.3) is 0 Å². The summed E-state index contributed by atoms with van der Waals surface area (Å²) in [5, 5.41) is 0. The van der Waals surface area contributed by atoms with E-state index in [9.17, 15) is 8.78 Å². The molecule has 0 saturated heterocycles. The van der Waals surface area contributed by atoms with Crippen LogP contribution in [0.1, 0.15) is 17.2 Å². The highest BCUT2D eigenvalue weighted by Crippen LogP contribution is 2.22. The third-order valence-corrected chi connectivity index (χ3v) is 2.74. The average Bonchev–Trinajstić information content (AvgIpc) is 2.33. The van der Waals surface area contributed by atoms with E-state index in [-0.39, 0.29) is 6.42 Å². The standard InChI is InChI=1S/C13H13F2N3/c14-9-2-1-8(11(15)6-9)5-13(17)10-7-18-4-3-12(10)16/h1-4,6-7,13H,5,17H2,(H2,16,18). The molecule has 4 N–H and O–H groups in total. The minimum absolute atomic E-state index is 0.238. The Bertz CT molecular complexity index is 558. The van der Waals surface area contributed by atoms with E-state index in [1.807, 2.05) is 0 Å². The molecule has 1 aromatic carbocycles. The van der Waals surface area contributed by atoms with Crippen molar-refractivity contribution in [2.24, 2.45) is 5.73 Å². The fourth-order valence-corrected chi connectivity index (χ4v) is 1.76. The summed E-state index contributed by atoms with van der Waals surface area (Å²) in [5.41, 5.74) is 13.2. The second-order valence-corrected chi connectivity index (χ2v) is 4.05. The second-order valence-electron chi connectivity index (χ2n) is 4.05. The molecule has 18 heavy (non-hydrogen) atoms. The average molecular weight is 249 g/mol. The molecule has 3 nitrogen and oxygen atoms in total. The molecular weight excluding hydrogens is 236 g/mol. The molecule has 0 bridgehead atoms. The minimum Gasteiger partial charge on any atom is -0.398 e. The van der Waals surface area contributed by atoms with Crippen molar-refractivity contribution in [1.29, 1.82) is 0 Å². The van der Waals surface area contributed by atoms with Gasteiger partial charge < -0.3 is 11.5 Å². The minimum atomic E-state index is -0.606. The first-order valence-corrected chi connectivity index (χ1v) is 5.47. The highest BCUT2D eigenvalue weighted by Gasteiger charge is 2.13. The lowest BCUT2D eigenvalue weighted by Gasteiger charge is -2.14. The van der Waals surface area contributed by atoms with Crippen LogP contribution in [0.4, 0.5) is 14.5 Å². The SMILES string of the molecule is Nc1ccncc1C(N)Cc1ccc(F)cc1F. The fourth-order valence-electron chi connectivity index (χ4n) is 1.76.